The van der Waals surface area contributed by atoms with Crippen LogP contribution in [0.4, 0.5) is 0 Å². The molecule has 110 valence electrons. The van der Waals surface area contributed by atoms with Gasteiger partial charge >= 0.3 is 0 Å². The van der Waals surface area contributed by atoms with Gasteiger partial charge < -0.3 is 15.2 Å². The second-order valence-electron chi connectivity index (χ2n) is 4.61. The first kappa shape index (κ1) is 16.4. The molecule has 0 heterocycles. The van der Waals surface area contributed by atoms with Crippen molar-refractivity contribution in [1.29, 1.82) is 0 Å². The Morgan fingerprint density at radius 3 is 2.25 bits per heavy atom. The van der Waals surface area contributed by atoms with Gasteiger partial charge in [-0.2, -0.15) is 0 Å². The van der Waals surface area contributed by atoms with Crippen LogP contribution in [0.15, 0.2) is 18.2 Å². The molecule has 0 spiro atoms. The van der Waals surface area contributed by atoms with Crippen LogP contribution in [0.5, 0.6) is 11.5 Å². The number of nitrogens with two attached hydrogens (primary N) is 1. The highest BCUT2D eigenvalue weighted by molar-refractivity contribution is 5.40. The predicted molar refractivity (Wildman–Crippen MR) is 82.0 cm³/mol. The minimum Gasteiger partial charge on any atom is -0.497 e. The number of methoxy groups -OCH3 is 2. The van der Waals surface area contributed by atoms with Crippen molar-refractivity contribution >= 4 is 0 Å². The zero-order valence-electron chi connectivity index (χ0n) is 12.5. The van der Waals surface area contributed by atoms with Crippen molar-refractivity contribution in [2.75, 3.05) is 20.8 Å². The number of nitrogens with one attached hydrogen (secondary N) is 1. The summed E-state index contributed by atoms with van der Waals surface area (Å²) in [7, 11) is 3.26. The van der Waals surface area contributed by atoms with E-state index >= 15 is 0 Å². The summed E-state index contributed by atoms with van der Waals surface area (Å²) in [6, 6.07) is 5.73. The van der Waals surface area contributed by atoms with Crippen molar-refractivity contribution in [1.82, 2.24) is 5.32 Å². The molecular formula is C16H24N2O2. The van der Waals surface area contributed by atoms with Crippen LogP contribution in [-0.4, -0.2) is 26.8 Å². The Labute approximate surface area is 121 Å². The number of hydrogen-bond acceptors (Lipinski definition) is 4. The standard InChI is InChI=1S/C16H24N2O2/c1-5-7-13(6-2)18-16(11-17)12-8-14(19-3)10-15(9-12)20-4/h2,8-10,13,16,18H,5,7,11,17H2,1,3-4H3. The topological polar surface area (TPSA) is 56.5 Å². The lowest BCUT2D eigenvalue weighted by Crippen LogP contribution is -2.35. The molecule has 20 heavy (non-hydrogen) atoms. The van der Waals surface area contributed by atoms with Crippen LogP contribution < -0.4 is 20.5 Å². The van der Waals surface area contributed by atoms with E-state index in [-0.39, 0.29) is 12.1 Å². The van der Waals surface area contributed by atoms with Gasteiger partial charge in [-0.15, -0.1) is 6.42 Å². The van der Waals surface area contributed by atoms with E-state index in [1.165, 1.54) is 0 Å². The average Bonchev–Trinajstić information content (AvgIpc) is 2.50. The molecule has 2 atom stereocenters. The van der Waals surface area contributed by atoms with E-state index in [1.54, 1.807) is 14.2 Å². The van der Waals surface area contributed by atoms with Gasteiger partial charge in [0.05, 0.1) is 20.3 Å². The molecule has 0 radical (unpaired) electrons. The minimum atomic E-state index is -0.0217. The summed E-state index contributed by atoms with van der Waals surface area (Å²) in [5.41, 5.74) is 6.89. The van der Waals surface area contributed by atoms with Gasteiger partial charge in [0.2, 0.25) is 0 Å². The minimum absolute atomic E-state index is 0.0192. The lowest BCUT2D eigenvalue weighted by atomic mass is 10.0. The van der Waals surface area contributed by atoms with Crippen molar-refractivity contribution < 1.29 is 9.47 Å². The second-order valence-corrected chi connectivity index (χ2v) is 4.61. The molecule has 0 aliphatic heterocycles. The van der Waals surface area contributed by atoms with Gasteiger partial charge in [0.1, 0.15) is 11.5 Å². The van der Waals surface area contributed by atoms with E-state index in [0.29, 0.717) is 6.54 Å². The molecule has 3 N–H and O–H groups in total. The number of rotatable bonds is 8. The Kier molecular flexibility index (Phi) is 6.92. The summed E-state index contributed by atoms with van der Waals surface area (Å²) in [6.07, 6.45) is 7.50. The molecule has 4 heteroatoms. The van der Waals surface area contributed by atoms with Crippen LogP contribution >= 0.6 is 0 Å². The number of ether oxygens (including phenoxy) is 2. The lowest BCUT2D eigenvalue weighted by molar-refractivity contribution is 0.390. The van der Waals surface area contributed by atoms with E-state index in [2.05, 4.69) is 18.2 Å². The molecule has 1 aromatic carbocycles. The fourth-order valence-electron chi connectivity index (χ4n) is 2.08. The zero-order chi connectivity index (χ0) is 15.0. The normalized spacial score (nSPS) is 13.3. The van der Waals surface area contributed by atoms with Crippen molar-refractivity contribution in [3.05, 3.63) is 23.8 Å². The van der Waals surface area contributed by atoms with Crippen LogP contribution in [0.1, 0.15) is 31.4 Å². The molecule has 1 rings (SSSR count). The fourth-order valence-corrected chi connectivity index (χ4v) is 2.08. The zero-order valence-corrected chi connectivity index (χ0v) is 12.5. The van der Waals surface area contributed by atoms with Crippen LogP contribution in [0.3, 0.4) is 0 Å². The van der Waals surface area contributed by atoms with Crippen molar-refractivity contribution in [3.63, 3.8) is 0 Å². The fraction of sp³-hybridized carbons (Fsp3) is 0.500. The number of terminal acetylenes is 1. The third-order valence-corrected chi connectivity index (χ3v) is 3.19. The molecular weight excluding hydrogens is 252 g/mol. The Morgan fingerprint density at radius 1 is 1.25 bits per heavy atom. The van der Waals surface area contributed by atoms with Crippen LogP contribution in [0.2, 0.25) is 0 Å². The van der Waals surface area contributed by atoms with Gasteiger partial charge in [-0.25, -0.2) is 0 Å². The van der Waals surface area contributed by atoms with Crippen LogP contribution in [-0.2, 0) is 0 Å². The van der Waals surface area contributed by atoms with Crippen molar-refractivity contribution in [2.45, 2.75) is 31.8 Å². The van der Waals surface area contributed by atoms with Crippen molar-refractivity contribution in [3.8, 4) is 23.8 Å². The molecule has 1 aromatic rings. The smallest absolute Gasteiger partial charge is 0.122 e. The maximum absolute atomic E-state index is 5.87. The molecule has 0 bridgehead atoms. The maximum atomic E-state index is 5.87. The first-order valence-electron chi connectivity index (χ1n) is 6.83. The SMILES string of the molecule is C#CC(CCC)NC(CN)c1cc(OC)cc(OC)c1. The summed E-state index contributed by atoms with van der Waals surface area (Å²) in [4.78, 5) is 0. The summed E-state index contributed by atoms with van der Waals surface area (Å²) in [5, 5.41) is 3.40. The lowest BCUT2D eigenvalue weighted by Gasteiger charge is -2.22. The Morgan fingerprint density at radius 2 is 1.85 bits per heavy atom. The molecule has 4 nitrogen and oxygen atoms in total. The van der Waals surface area contributed by atoms with Crippen LogP contribution in [0, 0.1) is 12.3 Å². The second kappa shape index (κ2) is 8.47. The van der Waals surface area contributed by atoms with Gasteiger partial charge in [0, 0.05) is 18.7 Å². The quantitative estimate of drug-likeness (QED) is 0.714. The Balaban J connectivity index is 2.96. The Bertz CT molecular complexity index is 432. The highest BCUT2D eigenvalue weighted by Crippen LogP contribution is 2.26. The first-order valence-corrected chi connectivity index (χ1v) is 6.83. The molecule has 0 fully saturated rings. The van der Waals surface area contributed by atoms with E-state index < -0.39 is 0 Å². The third kappa shape index (κ3) is 4.44. The monoisotopic (exact) mass is 276 g/mol. The van der Waals surface area contributed by atoms with Gasteiger partial charge in [-0.3, -0.25) is 5.32 Å². The largest absolute Gasteiger partial charge is 0.497 e. The predicted octanol–water partition coefficient (Wildman–Crippen LogP) is 2.10. The van der Waals surface area contributed by atoms with E-state index in [0.717, 1.165) is 29.9 Å². The number of hydrogen-bond donors (Lipinski definition) is 2. The van der Waals surface area contributed by atoms with E-state index in [4.69, 9.17) is 21.6 Å². The van der Waals surface area contributed by atoms with Gasteiger partial charge in [0.25, 0.3) is 0 Å². The van der Waals surface area contributed by atoms with Gasteiger partial charge in [-0.1, -0.05) is 19.3 Å². The highest BCUT2D eigenvalue weighted by atomic mass is 16.5. The Hall–Kier alpha value is -1.70. The summed E-state index contributed by atoms with van der Waals surface area (Å²) in [6.45, 7) is 2.57. The third-order valence-electron chi connectivity index (χ3n) is 3.19. The average molecular weight is 276 g/mol. The number of benzene rings is 1. The van der Waals surface area contributed by atoms with Crippen LogP contribution in [0.25, 0.3) is 0 Å². The van der Waals surface area contributed by atoms with Gasteiger partial charge in [-0.05, 0) is 24.1 Å². The molecule has 2 unspecified atom stereocenters. The first-order chi connectivity index (χ1) is 9.68. The van der Waals surface area contributed by atoms with Gasteiger partial charge in [0.15, 0.2) is 0 Å². The molecule has 0 aliphatic rings. The summed E-state index contributed by atoms with van der Waals surface area (Å²) in [5.74, 6) is 4.25. The van der Waals surface area contributed by atoms with E-state index in [1.807, 2.05) is 18.2 Å². The molecule has 0 aliphatic carbocycles. The molecule has 0 aromatic heterocycles. The molecule has 0 amide bonds. The van der Waals surface area contributed by atoms with Crippen molar-refractivity contribution in [2.24, 2.45) is 5.73 Å². The maximum Gasteiger partial charge on any atom is 0.122 e. The summed E-state index contributed by atoms with van der Waals surface area (Å²) < 4.78 is 10.6. The summed E-state index contributed by atoms with van der Waals surface area (Å²) >= 11 is 0. The van der Waals surface area contributed by atoms with E-state index in [9.17, 15) is 0 Å². The molecule has 0 saturated carbocycles. The molecule has 0 saturated heterocycles. The highest BCUT2D eigenvalue weighted by Gasteiger charge is 2.15.